The van der Waals surface area contributed by atoms with Crippen LogP contribution in [0.25, 0.3) is 6.08 Å². The van der Waals surface area contributed by atoms with Crippen molar-refractivity contribution >= 4 is 17.8 Å². The van der Waals surface area contributed by atoms with Gasteiger partial charge in [0, 0.05) is 6.54 Å². The molecule has 39 heavy (non-hydrogen) atoms. The summed E-state index contributed by atoms with van der Waals surface area (Å²) in [4.78, 5) is 28.4. The highest BCUT2D eigenvalue weighted by Crippen LogP contribution is 2.41. The molecule has 202 valence electrons. The van der Waals surface area contributed by atoms with E-state index in [-0.39, 0.29) is 5.57 Å². The van der Waals surface area contributed by atoms with Crippen LogP contribution < -0.4 is 9.47 Å². The maximum Gasteiger partial charge on any atom is 0.290 e. The second-order valence-corrected chi connectivity index (χ2v) is 9.35. The molecule has 1 N–H and O–H groups in total. The Bertz CT molecular complexity index is 1330. The lowest BCUT2D eigenvalue weighted by molar-refractivity contribution is -0.129. The van der Waals surface area contributed by atoms with E-state index in [1.54, 1.807) is 11.0 Å². The second-order valence-electron chi connectivity index (χ2n) is 9.35. The summed E-state index contributed by atoms with van der Waals surface area (Å²) in [5, 5.41) is 11.0. The number of aliphatic hydroxyl groups excluding tert-OH is 1. The molecule has 3 aromatic carbocycles. The molecule has 0 fully saturated rings. The molecule has 1 heterocycles. The average Bonchev–Trinajstić information content (AvgIpc) is 3.22. The van der Waals surface area contributed by atoms with Crippen molar-refractivity contribution in [3.8, 4) is 11.5 Å². The number of allylic oxidation sites excluding steroid dienone is 1. The van der Waals surface area contributed by atoms with Crippen LogP contribution in [0.15, 0.2) is 96.3 Å². The van der Waals surface area contributed by atoms with Gasteiger partial charge in [-0.25, -0.2) is 0 Å². The van der Waals surface area contributed by atoms with Crippen LogP contribution in [-0.4, -0.2) is 41.5 Å². The molecule has 0 bridgehead atoms. The molecule has 1 aliphatic rings. The van der Waals surface area contributed by atoms with Crippen molar-refractivity contribution in [1.29, 1.82) is 0 Å². The van der Waals surface area contributed by atoms with Crippen molar-refractivity contribution in [2.45, 2.75) is 39.2 Å². The molecule has 1 amide bonds. The smallest absolute Gasteiger partial charge is 0.290 e. The molecule has 1 atom stereocenters. The van der Waals surface area contributed by atoms with Gasteiger partial charge in [-0.05, 0) is 54.7 Å². The molecule has 0 aliphatic carbocycles. The van der Waals surface area contributed by atoms with Crippen molar-refractivity contribution in [3.63, 3.8) is 0 Å². The standard InChI is InChI=1S/C33H35NO5/c1-3-5-22-39-28-19-17-26(23-29(28)38-4-2)31-30(27(35)18-16-24-12-8-6-9-13-24)32(36)33(37)34(31)21-20-25-14-10-7-11-15-25/h6-19,23,31,36H,3-5,20-22H2,1-2H3. The fourth-order valence-corrected chi connectivity index (χ4v) is 4.61. The first-order valence-corrected chi connectivity index (χ1v) is 13.5. The minimum Gasteiger partial charge on any atom is -0.503 e. The minimum absolute atomic E-state index is 0.0577. The third-order valence-electron chi connectivity index (χ3n) is 6.62. The van der Waals surface area contributed by atoms with Gasteiger partial charge in [0.25, 0.3) is 5.91 Å². The molecule has 4 rings (SSSR count). The van der Waals surface area contributed by atoms with Crippen LogP contribution in [0.2, 0.25) is 0 Å². The minimum atomic E-state index is -0.766. The van der Waals surface area contributed by atoms with Crippen molar-refractivity contribution in [1.82, 2.24) is 4.90 Å². The number of carbonyl (C=O) groups is 2. The maximum atomic E-state index is 13.5. The van der Waals surface area contributed by atoms with Gasteiger partial charge >= 0.3 is 0 Å². The molecule has 0 radical (unpaired) electrons. The Kier molecular flexibility index (Phi) is 9.57. The number of hydrogen-bond donors (Lipinski definition) is 1. The lowest BCUT2D eigenvalue weighted by atomic mass is 9.95. The first kappa shape index (κ1) is 27.7. The Morgan fingerprint density at radius 3 is 2.36 bits per heavy atom. The van der Waals surface area contributed by atoms with Crippen molar-refractivity contribution < 1.29 is 24.2 Å². The van der Waals surface area contributed by atoms with E-state index in [0.717, 1.165) is 24.0 Å². The predicted octanol–water partition coefficient (Wildman–Crippen LogP) is 6.48. The number of rotatable bonds is 13. The number of ketones is 1. The van der Waals surface area contributed by atoms with Gasteiger partial charge in [0.1, 0.15) is 0 Å². The van der Waals surface area contributed by atoms with Crippen molar-refractivity contribution in [2.24, 2.45) is 0 Å². The molecular formula is C33H35NO5. The zero-order valence-electron chi connectivity index (χ0n) is 22.5. The van der Waals surface area contributed by atoms with Crippen molar-refractivity contribution in [3.05, 3.63) is 113 Å². The first-order chi connectivity index (χ1) is 19.0. The fourth-order valence-electron chi connectivity index (χ4n) is 4.61. The van der Waals surface area contributed by atoms with Gasteiger partial charge in [0.15, 0.2) is 23.0 Å². The SMILES string of the molecule is CCCCOc1ccc(C2C(C(=O)C=Cc3ccccc3)=C(O)C(=O)N2CCc2ccccc2)cc1OCC. The zero-order valence-corrected chi connectivity index (χ0v) is 22.5. The molecular weight excluding hydrogens is 490 g/mol. The normalized spacial score (nSPS) is 15.3. The number of nitrogens with zero attached hydrogens (tertiary/aromatic N) is 1. The third-order valence-corrected chi connectivity index (χ3v) is 6.62. The molecule has 0 saturated carbocycles. The Morgan fingerprint density at radius 2 is 1.67 bits per heavy atom. The summed E-state index contributed by atoms with van der Waals surface area (Å²) in [5.41, 5.74) is 2.63. The monoisotopic (exact) mass is 525 g/mol. The van der Waals surface area contributed by atoms with Crippen LogP contribution >= 0.6 is 0 Å². The molecule has 1 aliphatic heterocycles. The molecule has 6 nitrogen and oxygen atoms in total. The van der Waals surface area contributed by atoms with Crippen molar-refractivity contribution in [2.75, 3.05) is 19.8 Å². The van der Waals surface area contributed by atoms with Gasteiger partial charge in [0.2, 0.25) is 0 Å². The van der Waals surface area contributed by atoms with Gasteiger partial charge in [-0.1, -0.05) is 86.2 Å². The topological polar surface area (TPSA) is 76.1 Å². The number of aliphatic hydroxyl groups is 1. The molecule has 1 unspecified atom stereocenters. The summed E-state index contributed by atoms with van der Waals surface area (Å²) >= 11 is 0. The van der Waals surface area contributed by atoms with Gasteiger partial charge in [-0.15, -0.1) is 0 Å². The Morgan fingerprint density at radius 1 is 0.949 bits per heavy atom. The van der Waals surface area contributed by atoms with Crippen LogP contribution in [0, 0.1) is 0 Å². The quantitative estimate of drug-likeness (QED) is 0.204. The van der Waals surface area contributed by atoms with E-state index >= 15 is 0 Å². The number of unbranched alkanes of at least 4 members (excludes halogenated alkanes) is 1. The summed E-state index contributed by atoms with van der Waals surface area (Å²) in [7, 11) is 0. The molecule has 0 saturated heterocycles. The molecule has 0 spiro atoms. The largest absolute Gasteiger partial charge is 0.503 e. The molecule has 3 aromatic rings. The van der Waals surface area contributed by atoms with Crippen LogP contribution in [0.1, 0.15) is 49.4 Å². The second kappa shape index (κ2) is 13.5. The van der Waals surface area contributed by atoms with E-state index in [2.05, 4.69) is 6.92 Å². The summed E-state index contributed by atoms with van der Waals surface area (Å²) in [6, 6.07) is 23.9. The summed E-state index contributed by atoms with van der Waals surface area (Å²) < 4.78 is 11.8. The summed E-state index contributed by atoms with van der Waals surface area (Å²) in [6.45, 7) is 5.32. The van der Waals surface area contributed by atoms with E-state index in [1.165, 1.54) is 6.08 Å². The van der Waals surface area contributed by atoms with E-state index in [0.29, 0.717) is 43.2 Å². The third kappa shape index (κ3) is 6.77. The van der Waals surface area contributed by atoms with E-state index < -0.39 is 23.5 Å². The zero-order chi connectivity index (χ0) is 27.6. The molecule has 0 aromatic heterocycles. The lowest BCUT2D eigenvalue weighted by Crippen LogP contribution is -2.33. The number of carbonyl (C=O) groups excluding carboxylic acids is 2. The summed E-state index contributed by atoms with van der Waals surface area (Å²) in [5.74, 6) is -0.345. The average molecular weight is 526 g/mol. The highest BCUT2D eigenvalue weighted by atomic mass is 16.5. The predicted molar refractivity (Wildman–Crippen MR) is 153 cm³/mol. The first-order valence-electron chi connectivity index (χ1n) is 13.5. The maximum absolute atomic E-state index is 13.5. The van der Waals surface area contributed by atoms with Crippen LogP contribution in [0.3, 0.4) is 0 Å². The fraction of sp³-hybridized carbons (Fsp3) is 0.273. The highest BCUT2D eigenvalue weighted by Gasteiger charge is 2.43. The van der Waals surface area contributed by atoms with Gasteiger partial charge in [-0.2, -0.15) is 0 Å². The van der Waals surface area contributed by atoms with E-state index in [4.69, 9.17) is 9.47 Å². The Hall–Kier alpha value is -4.32. The van der Waals surface area contributed by atoms with Crippen LogP contribution in [0.4, 0.5) is 0 Å². The number of ether oxygens (including phenoxy) is 2. The van der Waals surface area contributed by atoms with Gasteiger partial charge < -0.3 is 19.5 Å². The van der Waals surface area contributed by atoms with Gasteiger partial charge in [0.05, 0.1) is 24.8 Å². The van der Waals surface area contributed by atoms with Gasteiger partial charge in [-0.3, -0.25) is 9.59 Å². The number of hydrogen-bond acceptors (Lipinski definition) is 5. The van der Waals surface area contributed by atoms with E-state index in [9.17, 15) is 14.7 Å². The van der Waals surface area contributed by atoms with E-state index in [1.807, 2.05) is 85.8 Å². The Balaban J connectivity index is 1.70. The highest BCUT2D eigenvalue weighted by molar-refractivity contribution is 6.14. The molecule has 6 heteroatoms. The number of amides is 1. The Labute approximate surface area is 230 Å². The number of benzene rings is 3. The van der Waals surface area contributed by atoms with Crippen LogP contribution in [0.5, 0.6) is 11.5 Å². The lowest BCUT2D eigenvalue weighted by Gasteiger charge is -2.27. The summed E-state index contributed by atoms with van der Waals surface area (Å²) in [6.07, 6.45) is 5.60. The van der Waals surface area contributed by atoms with Crippen LogP contribution in [-0.2, 0) is 16.0 Å².